The van der Waals surface area contributed by atoms with E-state index in [1.165, 1.54) is 24.5 Å². The van der Waals surface area contributed by atoms with E-state index < -0.39 is 5.82 Å². The van der Waals surface area contributed by atoms with E-state index in [2.05, 4.69) is 5.32 Å². The first-order chi connectivity index (χ1) is 15.0. The zero-order valence-corrected chi connectivity index (χ0v) is 16.7. The number of nitrogens with zero attached hydrogens (tertiary/aromatic N) is 3. The fourth-order valence-corrected chi connectivity index (χ4v) is 3.50. The zero-order chi connectivity index (χ0) is 21.8. The minimum Gasteiger partial charge on any atom is -0.459 e. The van der Waals surface area contributed by atoms with Gasteiger partial charge in [0.1, 0.15) is 18.1 Å². The van der Waals surface area contributed by atoms with Gasteiger partial charge in [-0.15, -0.1) is 0 Å². The zero-order valence-electron chi connectivity index (χ0n) is 16.7. The largest absolute Gasteiger partial charge is 0.459 e. The second-order valence-electron chi connectivity index (χ2n) is 7.14. The summed E-state index contributed by atoms with van der Waals surface area (Å²) in [6, 6.07) is 12.2. The Morgan fingerprint density at radius 3 is 2.35 bits per heavy atom. The topological polar surface area (TPSA) is 87.8 Å². The summed E-state index contributed by atoms with van der Waals surface area (Å²) in [6.45, 7) is 1.47. The Bertz CT molecular complexity index is 1080. The lowest BCUT2D eigenvalue weighted by molar-refractivity contribution is -0.116. The van der Waals surface area contributed by atoms with Crippen molar-refractivity contribution in [2.45, 2.75) is 6.54 Å². The monoisotopic (exact) mass is 424 g/mol. The fraction of sp³-hybridized carbons (Fsp3) is 0.227. The van der Waals surface area contributed by atoms with Gasteiger partial charge < -0.3 is 24.1 Å². The van der Waals surface area contributed by atoms with E-state index in [1.807, 2.05) is 0 Å². The van der Waals surface area contributed by atoms with Crippen LogP contribution < -0.4 is 5.32 Å². The third-order valence-corrected chi connectivity index (χ3v) is 5.06. The van der Waals surface area contributed by atoms with Crippen molar-refractivity contribution in [1.29, 1.82) is 0 Å². The first-order valence-corrected chi connectivity index (χ1v) is 9.84. The average molecular weight is 424 g/mol. The summed E-state index contributed by atoms with van der Waals surface area (Å²) in [6.07, 6.45) is 3.10. The number of aromatic nitrogens is 1. The SMILES string of the molecule is O=C(Cn1cccc1C(=O)N1CCN(C(=O)c2ccco2)CC1)Nc1cccc(F)c1. The standard InChI is InChI=1S/C22H21FN4O4/c23-16-4-1-5-17(14-16)24-20(28)15-27-8-2-6-18(27)21(29)25-9-11-26(12-10-25)22(30)19-7-3-13-31-19/h1-8,13-14H,9-12,15H2,(H,24,28). The molecule has 0 radical (unpaired) electrons. The number of amides is 3. The summed E-state index contributed by atoms with van der Waals surface area (Å²) in [5.41, 5.74) is 0.725. The number of rotatable bonds is 5. The molecule has 3 amide bonds. The summed E-state index contributed by atoms with van der Waals surface area (Å²) in [5, 5.41) is 2.62. The lowest BCUT2D eigenvalue weighted by Gasteiger charge is -2.34. The van der Waals surface area contributed by atoms with Gasteiger partial charge in [-0.1, -0.05) is 6.07 Å². The van der Waals surface area contributed by atoms with E-state index in [1.54, 1.807) is 50.9 Å². The van der Waals surface area contributed by atoms with Crippen molar-refractivity contribution in [1.82, 2.24) is 14.4 Å². The molecule has 1 aromatic carbocycles. The molecule has 1 N–H and O–H groups in total. The Morgan fingerprint density at radius 2 is 1.68 bits per heavy atom. The summed E-state index contributed by atoms with van der Waals surface area (Å²) in [5.74, 6) is -0.954. The molecule has 3 heterocycles. The van der Waals surface area contributed by atoms with Crippen molar-refractivity contribution < 1.29 is 23.2 Å². The van der Waals surface area contributed by atoms with Crippen LogP contribution in [0.5, 0.6) is 0 Å². The van der Waals surface area contributed by atoms with Gasteiger partial charge in [-0.05, 0) is 42.5 Å². The van der Waals surface area contributed by atoms with Gasteiger partial charge in [0.05, 0.1) is 6.26 Å². The summed E-state index contributed by atoms with van der Waals surface area (Å²) >= 11 is 0. The van der Waals surface area contributed by atoms with Gasteiger partial charge in [-0.2, -0.15) is 0 Å². The van der Waals surface area contributed by atoms with Crippen molar-refractivity contribution in [3.05, 3.63) is 78.3 Å². The molecule has 0 bridgehead atoms. The predicted molar refractivity (Wildman–Crippen MR) is 110 cm³/mol. The quantitative estimate of drug-likeness (QED) is 0.682. The molecule has 1 saturated heterocycles. The van der Waals surface area contributed by atoms with Gasteiger partial charge in [0.2, 0.25) is 5.91 Å². The highest BCUT2D eigenvalue weighted by atomic mass is 19.1. The Labute approximate surface area is 177 Å². The highest BCUT2D eigenvalue weighted by molar-refractivity contribution is 5.95. The molecule has 0 atom stereocenters. The highest BCUT2D eigenvalue weighted by Gasteiger charge is 2.27. The van der Waals surface area contributed by atoms with Crippen molar-refractivity contribution in [2.75, 3.05) is 31.5 Å². The number of carbonyl (C=O) groups excluding carboxylic acids is 3. The summed E-state index contributed by atoms with van der Waals surface area (Å²) < 4.78 is 20.0. The number of benzene rings is 1. The summed E-state index contributed by atoms with van der Waals surface area (Å²) in [4.78, 5) is 41.0. The highest BCUT2D eigenvalue weighted by Crippen LogP contribution is 2.14. The fourth-order valence-electron chi connectivity index (χ4n) is 3.50. The molecule has 1 fully saturated rings. The Kier molecular flexibility index (Phi) is 5.83. The van der Waals surface area contributed by atoms with E-state index in [4.69, 9.17) is 4.42 Å². The molecule has 9 heteroatoms. The third-order valence-electron chi connectivity index (χ3n) is 5.06. The van der Waals surface area contributed by atoms with E-state index in [-0.39, 0.29) is 30.0 Å². The molecule has 31 heavy (non-hydrogen) atoms. The molecule has 0 spiro atoms. The molecule has 160 valence electrons. The van der Waals surface area contributed by atoms with Gasteiger partial charge in [0.25, 0.3) is 11.8 Å². The Hall–Kier alpha value is -3.88. The average Bonchev–Trinajstić information content (AvgIpc) is 3.45. The van der Waals surface area contributed by atoms with Crippen LogP contribution in [0.1, 0.15) is 21.0 Å². The van der Waals surface area contributed by atoms with Crippen molar-refractivity contribution in [3.63, 3.8) is 0 Å². The predicted octanol–water partition coefficient (Wildman–Crippen LogP) is 2.46. The van der Waals surface area contributed by atoms with Crippen molar-refractivity contribution in [3.8, 4) is 0 Å². The van der Waals surface area contributed by atoms with Crippen LogP contribution in [0.4, 0.5) is 10.1 Å². The smallest absolute Gasteiger partial charge is 0.289 e. The van der Waals surface area contributed by atoms with E-state index >= 15 is 0 Å². The van der Waals surface area contributed by atoms with Crippen molar-refractivity contribution >= 4 is 23.4 Å². The van der Waals surface area contributed by atoms with Gasteiger partial charge in [0.15, 0.2) is 5.76 Å². The van der Waals surface area contributed by atoms with E-state index in [9.17, 15) is 18.8 Å². The van der Waals surface area contributed by atoms with Crippen LogP contribution in [-0.2, 0) is 11.3 Å². The number of furan rings is 1. The van der Waals surface area contributed by atoms with Crippen molar-refractivity contribution in [2.24, 2.45) is 0 Å². The molecule has 0 unspecified atom stereocenters. The number of hydrogen-bond acceptors (Lipinski definition) is 4. The maximum absolute atomic E-state index is 13.3. The Balaban J connectivity index is 1.35. The maximum atomic E-state index is 13.3. The number of carbonyl (C=O) groups is 3. The van der Waals surface area contributed by atoms with Gasteiger partial charge in [-0.3, -0.25) is 14.4 Å². The van der Waals surface area contributed by atoms with Crippen LogP contribution in [-0.4, -0.2) is 58.3 Å². The van der Waals surface area contributed by atoms with Gasteiger partial charge in [-0.25, -0.2) is 4.39 Å². The Morgan fingerprint density at radius 1 is 0.935 bits per heavy atom. The van der Waals surface area contributed by atoms with Crippen LogP contribution in [0, 0.1) is 5.82 Å². The van der Waals surface area contributed by atoms with Crippen LogP contribution in [0.2, 0.25) is 0 Å². The van der Waals surface area contributed by atoms with Crippen LogP contribution in [0.25, 0.3) is 0 Å². The first kappa shape index (κ1) is 20.4. The molecule has 0 saturated carbocycles. The van der Waals surface area contributed by atoms with Gasteiger partial charge >= 0.3 is 0 Å². The molecule has 8 nitrogen and oxygen atoms in total. The first-order valence-electron chi connectivity index (χ1n) is 9.84. The molecular weight excluding hydrogens is 403 g/mol. The molecule has 1 aliphatic rings. The minimum absolute atomic E-state index is 0.0818. The summed E-state index contributed by atoms with van der Waals surface area (Å²) in [7, 11) is 0. The second-order valence-corrected chi connectivity index (χ2v) is 7.14. The number of piperazine rings is 1. The number of anilines is 1. The van der Waals surface area contributed by atoms with Crippen LogP contribution >= 0.6 is 0 Å². The van der Waals surface area contributed by atoms with Crippen LogP contribution in [0.15, 0.2) is 65.4 Å². The minimum atomic E-state index is -0.445. The third kappa shape index (κ3) is 4.66. The number of hydrogen-bond donors (Lipinski definition) is 1. The molecule has 4 rings (SSSR count). The normalized spacial score (nSPS) is 13.8. The second kappa shape index (κ2) is 8.86. The van der Waals surface area contributed by atoms with E-state index in [0.29, 0.717) is 37.6 Å². The molecule has 3 aromatic rings. The van der Waals surface area contributed by atoms with Crippen LogP contribution in [0.3, 0.4) is 0 Å². The molecule has 1 aliphatic heterocycles. The van der Waals surface area contributed by atoms with Gasteiger partial charge in [0, 0.05) is 38.1 Å². The molecule has 0 aliphatic carbocycles. The maximum Gasteiger partial charge on any atom is 0.289 e. The number of halogens is 1. The van der Waals surface area contributed by atoms with E-state index in [0.717, 1.165) is 0 Å². The lowest BCUT2D eigenvalue weighted by atomic mass is 10.2. The lowest BCUT2D eigenvalue weighted by Crippen LogP contribution is -2.50. The number of nitrogens with one attached hydrogen (secondary N) is 1. The molecule has 2 aromatic heterocycles. The molecular formula is C22H21FN4O4.